The average Bonchev–Trinajstić information content (AvgIpc) is 2.32. The minimum atomic E-state index is 0.663. The highest BCUT2D eigenvalue weighted by Gasteiger charge is 1.98. The van der Waals surface area contributed by atoms with E-state index in [9.17, 15) is 0 Å². The standard InChI is InChI=1S/C13H10N2/c1-2-4-11-5-7-12(8-6-11)13-14-9-3-10-15-13/h1,3,5-10H,4H2. The fourth-order valence-corrected chi connectivity index (χ4v) is 1.34. The van der Waals surface area contributed by atoms with Gasteiger partial charge in [0.25, 0.3) is 0 Å². The summed E-state index contributed by atoms with van der Waals surface area (Å²) in [7, 11) is 0. The van der Waals surface area contributed by atoms with E-state index in [1.807, 2.05) is 24.3 Å². The second kappa shape index (κ2) is 4.39. The van der Waals surface area contributed by atoms with Gasteiger partial charge in [-0.3, -0.25) is 0 Å². The van der Waals surface area contributed by atoms with Crippen molar-refractivity contribution in [3.05, 3.63) is 48.3 Å². The van der Waals surface area contributed by atoms with E-state index in [-0.39, 0.29) is 0 Å². The van der Waals surface area contributed by atoms with Crippen molar-refractivity contribution in [3.8, 4) is 23.7 Å². The summed E-state index contributed by atoms with van der Waals surface area (Å²) in [5.41, 5.74) is 2.15. The van der Waals surface area contributed by atoms with Crippen LogP contribution in [0.1, 0.15) is 5.56 Å². The summed E-state index contributed by atoms with van der Waals surface area (Å²) < 4.78 is 0. The van der Waals surface area contributed by atoms with Gasteiger partial charge in [-0.25, -0.2) is 9.97 Å². The first-order valence-corrected chi connectivity index (χ1v) is 4.70. The maximum Gasteiger partial charge on any atom is 0.159 e. The summed E-state index contributed by atoms with van der Waals surface area (Å²) in [5.74, 6) is 3.35. The number of hydrogen-bond donors (Lipinski definition) is 0. The third kappa shape index (κ3) is 2.21. The molecule has 0 amide bonds. The third-order valence-electron chi connectivity index (χ3n) is 2.08. The molecule has 0 fully saturated rings. The van der Waals surface area contributed by atoms with Gasteiger partial charge >= 0.3 is 0 Å². The molecule has 0 N–H and O–H groups in total. The number of hydrogen-bond acceptors (Lipinski definition) is 2. The average molecular weight is 194 g/mol. The highest BCUT2D eigenvalue weighted by Crippen LogP contribution is 2.14. The van der Waals surface area contributed by atoms with Crippen LogP contribution in [-0.2, 0) is 6.42 Å². The van der Waals surface area contributed by atoms with Crippen molar-refractivity contribution in [3.63, 3.8) is 0 Å². The summed E-state index contributed by atoms with van der Waals surface area (Å²) in [5, 5.41) is 0. The summed E-state index contributed by atoms with van der Waals surface area (Å²) in [6.07, 6.45) is 9.37. The van der Waals surface area contributed by atoms with Crippen molar-refractivity contribution in [1.82, 2.24) is 9.97 Å². The molecular formula is C13H10N2. The molecule has 0 aliphatic rings. The Bertz CT molecular complexity index is 466. The zero-order valence-electron chi connectivity index (χ0n) is 8.22. The van der Waals surface area contributed by atoms with Gasteiger partial charge in [-0.15, -0.1) is 12.3 Å². The molecule has 15 heavy (non-hydrogen) atoms. The van der Waals surface area contributed by atoms with Crippen LogP contribution in [0.15, 0.2) is 42.7 Å². The Labute approximate surface area is 89.0 Å². The number of nitrogens with zero attached hydrogens (tertiary/aromatic N) is 2. The lowest BCUT2D eigenvalue weighted by molar-refractivity contribution is 1.17. The molecule has 0 spiro atoms. The van der Waals surface area contributed by atoms with E-state index in [1.54, 1.807) is 18.5 Å². The zero-order valence-corrected chi connectivity index (χ0v) is 8.22. The maximum absolute atomic E-state index is 5.24. The molecule has 2 nitrogen and oxygen atoms in total. The normalized spacial score (nSPS) is 9.53. The molecule has 2 heteroatoms. The van der Waals surface area contributed by atoms with E-state index < -0.39 is 0 Å². The molecule has 1 aromatic heterocycles. The molecule has 0 bridgehead atoms. The largest absolute Gasteiger partial charge is 0.237 e. The highest BCUT2D eigenvalue weighted by atomic mass is 14.8. The zero-order chi connectivity index (χ0) is 10.5. The fourth-order valence-electron chi connectivity index (χ4n) is 1.34. The molecule has 0 aliphatic heterocycles. The lowest BCUT2D eigenvalue weighted by Crippen LogP contribution is -1.87. The molecular weight excluding hydrogens is 184 g/mol. The van der Waals surface area contributed by atoms with Gasteiger partial charge in [0.05, 0.1) is 0 Å². The van der Waals surface area contributed by atoms with Crippen molar-refractivity contribution in [2.24, 2.45) is 0 Å². The van der Waals surface area contributed by atoms with E-state index in [0.29, 0.717) is 6.42 Å². The van der Waals surface area contributed by atoms with E-state index in [0.717, 1.165) is 17.0 Å². The third-order valence-corrected chi connectivity index (χ3v) is 2.08. The number of rotatable bonds is 2. The van der Waals surface area contributed by atoms with Gasteiger partial charge in [-0.2, -0.15) is 0 Å². The van der Waals surface area contributed by atoms with Gasteiger partial charge in [-0.1, -0.05) is 24.3 Å². The predicted molar refractivity (Wildman–Crippen MR) is 60.0 cm³/mol. The lowest BCUT2D eigenvalue weighted by Gasteiger charge is -2.00. The quantitative estimate of drug-likeness (QED) is 0.686. The summed E-state index contributed by atoms with van der Waals surface area (Å²) in [4.78, 5) is 8.35. The summed E-state index contributed by atoms with van der Waals surface area (Å²) in [6.45, 7) is 0. The van der Waals surface area contributed by atoms with Gasteiger partial charge in [0.2, 0.25) is 0 Å². The second-order valence-corrected chi connectivity index (χ2v) is 3.15. The van der Waals surface area contributed by atoms with Crippen molar-refractivity contribution in [1.29, 1.82) is 0 Å². The van der Waals surface area contributed by atoms with Crippen molar-refractivity contribution in [2.45, 2.75) is 6.42 Å². The highest BCUT2D eigenvalue weighted by molar-refractivity contribution is 5.54. The Balaban J connectivity index is 2.29. The number of terminal acetylenes is 1. The Morgan fingerprint density at radius 2 is 1.73 bits per heavy atom. The van der Waals surface area contributed by atoms with E-state index in [1.165, 1.54) is 0 Å². The maximum atomic E-state index is 5.24. The van der Waals surface area contributed by atoms with Crippen LogP contribution in [0.5, 0.6) is 0 Å². The molecule has 2 aromatic rings. The Kier molecular flexibility index (Phi) is 2.75. The van der Waals surface area contributed by atoms with Crippen LogP contribution < -0.4 is 0 Å². The molecule has 0 saturated heterocycles. The van der Waals surface area contributed by atoms with Crippen LogP contribution in [0.2, 0.25) is 0 Å². The van der Waals surface area contributed by atoms with E-state index in [4.69, 9.17) is 6.42 Å². The van der Waals surface area contributed by atoms with E-state index in [2.05, 4.69) is 15.9 Å². The van der Waals surface area contributed by atoms with Crippen LogP contribution in [0, 0.1) is 12.3 Å². The first-order chi connectivity index (χ1) is 7.40. The minimum absolute atomic E-state index is 0.663. The van der Waals surface area contributed by atoms with Crippen LogP contribution in [0.3, 0.4) is 0 Å². The van der Waals surface area contributed by atoms with Crippen LogP contribution in [-0.4, -0.2) is 9.97 Å². The molecule has 0 aliphatic carbocycles. The monoisotopic (exact) mass is 194 g/mol. The molecule has 72 valence electrons. The molecule has 0 atom stereocenters. The first-order valence-electron chi connectivity index (χ1n) is 4.70. The van der Waals surface area contributed by atoms with Gasteiger partial charge in [0, 0.05) is 24.4 Å². The molecule has 2 rings (SSSR count). The van der Waals surface area contributed by atoms with Gasteiger partial charge in [-0.05, 0) is 11.6 Å². The van der Waals surface area contributed by atoms with Gasteiger partial charge in [0.15, 0.2) is 5.82 Å². The Morgan fingerprint density at radius 3 is 2.33 bits per heavy atom. The molecule has 0 saturated carbocycles. The minimum Gasteiger partial charge on any atom is -0.237 e. The van der Waals surface area contributed by atoms with Gasteiger partial charge < -0.3 is 0 Å². The molecule has 1 aromatic carbocycles. The fraction of sp³-hybridized carbons (Fsp3) is 0.0769. The van der Waals surface area contributed by atoms with Crippen LogP contribution in [0.4, 0.5) is 0 Å². The Morgan fingerprint density at radius 1 is 1.07 bits per heavy atom. The van der Waals surface area contributed by atoms with E-state index >= 15 is 0 Å². The van der Waals surface area contributed by atoms with Crippen LogP contribution >= 0.6 is 0 Å². The Hall–Kier alpha value is -2.14. The second-order valence-electron chi connectivity index (χ2n) is 3.15. The van der Waals surface area contributed by atoms with Crippen LogP contribution in [0.25, 0.3) is 11.4 Å². The number of benzene rings is 1. The summed E-state index contributed by atoms with van der Waals surface area (Å²) in [6, 6.07) is 9.79. The summed E-state index contributed by atoms with van der Waals surface area (Å²) >= 11 is 0. The van der Waals surface area contributed by atoms with Crippen molar-refractivity contribution >= 4 is 0 Å². The number of aromatic nitrogens is 2. The molecule has 0 unspecified atom stereocenters. The first kappa shape index (κ1) is 9.42. The molecule has 1 heterocycles. The topological polar surface area (TPSA) is 25.8 Å². The molecule has 0 radical (unpaired) electrons. The van der Waals surface area contributed by atoms with Gasteiger partial charge in [0.1, 0.15) is 0 Å². The van der Waals surface area contributed by atoms with Crippen molar-refractivity contribution in [2.75, 3.05) is 0 Å². The smallest absolute Gasteiger partial charge is 0.159 e. The lowest BCUT2D eigenvalue weighted by atomic mass is 10.1. The predicted octanol–water partition coefficient (Wildman–Crippen LogP) is 2.32. The SMILES string of the molecule is C#CCc1ccc(-c2ncccn2)cc1. The van der Waals surface area contributed by atoms with Crippen molar-refractivity contribution < 1.29 is 0 Å².